The van der Waals surface area contributed by atoms with Crippen LogP contribution in [0.1, 0.15) is 19.3 Å². The maximum atomic E-state index is 10.7. The number of aliphatic carboxylic acids is 1. The zero-order chi connectivity index (χ0) is 8.01. The molecule has 3 nitrogen and oxygen atoms in total. The van der Waals surface area contributed by atoms with Crippen LogP contribution in [-0.2, 0) is 4.79 Å². The van der Waals surface area contributed by atoms with Crippen molar-refractivity contribution in [2.24, 2.45) is 5.92 Å². The summed E-state index contributed by atoms with van der Waals surface area (Å²) < 4.78 is 2.20. The van der Waals surface area contributed by atoms with Gasteiger partial charge in [0.1, 0.15) is 0 Å². The van der Waals surface area contributed by atoms with E-state index in [1.807, 2.05) is 0 Å². The first-order valence-corrected chi connectivity index (χ1v) is 4.83. The number of carbonyl (C=O) groups is 1. The summed E-state index contributed by atoms with van der Waals surface area (Å²) in [6, 6.07) is 0.861. The summed E-state index contributed by atoms with van der Waals surface area (Å²) in [5.74, 6) is -0.704. The summed E-state index contributed by atoms with van der Waals surface area (Å²) in [6.07, 6.45) is 3.13. The molecule has 3 unspecified atom stereocenters. The molecule has 2 bridgehead atoms. The Balaban J connectivity index is 2.14. The number of nitrogens with zero attached hydrogens (tertiary/aromatic N) is 1. The summed E-state index contributed by atoms with van der Waals surface area (Å²) in [6.45, 7) is 0. The number of fused-ring (bicyclic) bond motifs is 2. The average Bonchev–Trinajstić information content (AvgIpc) is 2.46. The van der Waals surface area contributed by atoms with Crippen molar-refractivity contribution in [2.75, 3.05) is 0 Å². The van der Waals surface area contributed by atoms with Gasteiger partial charge in [-0.2, -0.15) is 0 Å². The first-order chi connectivity index (χ1) is 5.20. The molecule has 0 spiro atoms. The predicted molar refractivity (Wildman–Crippen MR) is 48.4 cm³/mol. The lowest BCUT2D eigenvalue weighted by Crippen LogP contribution is -2.27. The van der Waals surface area contributed by atoms with Crippen LogP contribution in [0.5, 0.6) is 0 Å². The van der Waals surface area contributed by atoms with E-state index in [0.29, 0.717) is 12.1 Å². The van der Waals surface area contributed by atoms with Crippen LogP contribution in [0.2, 0.25) is 0 Å². The molecule has 2 rings (SSSR count). The first kappa shape index (κ1) is 7.79. The molecule has 4 heteroatoms. The van der Waals surface area contributed by atoms with Gasteiger partial charge in [-0.15, -0.1) is 0 Å². The Hall–Kier alpha value is 0.160. The molecule has 1 N–H and O–H groups in total. The van der Waals surface area contributed by atoms with Crippen molar-refractivity contribution in [3.05, 3.63) is 0 Å². The van der Waals surface area contributed by atoms with Crippen LogP contribution in [0.15, 0.2) is 0 Å². The molecule has 0 aliphatic carbocycles. The third kappa shape index (κ3) is 1.07. The number of hydrogen-bond acceptors (Lipinski definition) is 2. The highest BCUT2D eigenvalue weighted by Gasteiger charge is 2.48. The van der Waals surface area contributed by atoms with Crippen LogP contribution < -0.4 is 0 Å². The standard InChI is InChI=1S/C7H10INO2/c8-9-4-1-2-6(9)5(3-4)7(10)11/h4-6H,1-3H2,(H,10,11). The lowest BCUT2D eigenvalue weighted by atomic mass is 9.89. The van der Waals surface area contributed by atoms with E-state index in [9.17, 15) is 4.79 Å². The van der Waals surface area contributed by atoms with Crippen molar-refractivity contribution < 1.29 is 9.90 Å². The van der Waals surface area contributed by atoms with Crippen molar-refractivity contribution >= 4 is 28.8 Å². The maximum Gasteiger partial charge on any atom is 0.308 e. The molecule has 3 atom stereocenters. The topological polar surface area (TPSA) is 40.5 Å². The van der Waals surface area contributed by atoms with Gasteiger partial charge in [0, 0.05) is 34.9 Å². The molecule has 0 radical (unpaired) electrons. The minimum atomic E-state index is -0.612. The van der Waals surface area contributed by atoms with Crippen LogP contribution in [0, 0.1) is 5.92 Å². The van der Waals surface area contributed by atoms with Gasteiger partial charge < -0.3 is 5.11 Å². The molecule has 2 saturated heterocycles. The molecule has 2 aliphatic heterocycles. The quantitative estimate of drug-likeness (QED) is 0.574. The first-order valence-electron chi connectivity index (χ1n) is 3.87. The zero-order valence-corrected chi connectivity index (χ0v) is 8.19. The Bertz CT molecular complexity index is 197. The van der Waals surface area contributed by atoms with Crippen molar-refractivity contribution in [3.63, 3.8) is 0 Å². The van der Waals surface area contributed by atoms with Gasteiger partial charge in [-0.1, -0.05) is 0 Å². The second-order valence-corrected chi connectivity index (χ2v) is 4.44. The van der Waals surface area contributed by atoms with E-state index in [-0.39, 0.29) is 5.92 Å². The molecule has 62 valence electrons. The van der Waals surface area contributed by atoms with E-state index in [0.717, 1.165) is 12.8 Å². The van der Waals surface area contributed by atoms with E-state index < -0.39 is 5.97 Å². The van der Waals surface area contributed by atoms with Gasteiger partial charge in [-0.3, -0.25) is 4.79 Å². The van der Waals surface area contributed by atoms with Gasteiger partial charge in [0.2, 0.25) is 0 Å². The smallest absolute Gasteiger partial charge is 0.308 e. The highest BCUT2D eigenvalue weighted by Crippen LogP contribution is 2.43. The van der Waals surface area contributed by atoms with Gasteiger partial charge in [-0.25, -0.2) is 3.11 Å². The Morgan fingerprint density at radius 2 is 2.27 bits per heavy atom. The summed E-state index contributed by atoms with van der Waals surface area (Å²) in [4.78, 5) is 10.7. The van der Waals surface area contributed by atoms with Gasteiger partial charge >= 0.3 is 5.97 Å². The van der Waals surface area contributed by atoms with Crippen molar-refractivity contribution in [2.45, 2.75) is 31.3 Å². The fourth-order valence-corrected chi connectivity index (χ4v) is 3.36. The third-order valence-corrected chi connectivity index (χ3v) is 4.27. The molecule has 0 aromatic heterocycles. The molecule has 0 saturated carbocycles. The normalized spacial score (nSPS) is 43.2. The highest BCUT2D eigenvalue weighted by atomic mass is 127. The number of halogens is 1. The van der Waals surface area contributed by atoms with E-state index >= 15 is 0 Å². The van der Waals surface area contributed by atoms with Crippen LogP contribution >= 0.6 is 22.9 Å². The Morgan fingerprint density at radius 1 is 1.55 bits per heavy atom. The summed E-state index contributed by atoms with van der Waals surface area (Å²) in [5.41, 5.74) is 0. The van der Waals surface area contributed by atoms with Crippen LogP contribution in [0.4, 0.5) is 0 Å². The molecule has 0 aromatic carbocycles. The van der Waals surface area contributed by atoms with Crippen LogP contribution in [0.3, 0.4) is 0 Å². The second kappa shape index (κ2) is 2.58. The Kier molecular flexibility index (Phi) is 1.83. The molecule has 2 fully saturated rings. The van der Waals surface area contributed by atoms with Crippen molar-refractivity contribution in [3.8, 4) is 0 Å². The summed E-state index contributed by atoms with van der Waals surface area (Å²) >= 11 is 2.27. The fourth-order valence-electron chi connectivity index (χ4n) is 2.19. The molecular formula is C7H10INO2. The maximum absolute atomic E-state index is 10.7. The lowest BCUT2D eigenvalue weighted by molar-refractivity contribution is -0.142. The number of carboxylic acids is 1. The van der Waals surface area contributed by atoms with Crippen molar-refractivity contribution in [1.82, 2.24) is 3.11 Å². The minimum absolute atomic E-state index is 0.0920. The number of rotatable bonds is 1. The number of hydrogen-bond donors (Lipinski definition) is 1. The Morgan fingerprint density at radius 3 is 2.55 bits per heavy atom. The van der Waals surface area contributed by atoms with Gasteiger partial charge in [0.25, 0.3) is 0 Å². The minimum Gasteiger partial charge on any atom is -0.481 e. The monoisotopic (exact) mass is 267 g/mol. The lowest BCUT2D eigenvalue weighted by Gasteiger charge is -2.15. The SMILES string of the molecule is O=C(O)C1CC2CCC1N2I. The van der Waals surface area contributed by atoms with Gasteiger partial charge in [-0.05, 0) is 19.3 Å². The predicted octanol–water partition coefficient (Wildman–Crippen LogP) is 1.27. The molecular weight excluding hydrogens is 257 g/mol. The molecule has 2 heterocycles. The molecule has 2 aliphatic rings. The van der Waals surface area contributed by atoms with E-state index in [1.54, 1.807) is 0 Å². The largest absolute Gasteiger partial charge is 0.481 e. The highest BCUT2D eigenvalue weighted by molar-refractivity contribution is 14.1. The van der Waals surface area contributed by atoms with Gasteiger partial charge in [0.15, 0.2) is 0 Å². The summed E-state index contributed by atoms with van der Waals surface area (Å²) in [5, 5.41) is 8.82. The Labute approximate surface area is 79.3 Å². The van der Waals surface area contributed by atoms with Crippen LogP contribution in [-0.4, -0.2) is 26.3 Å². The van der Waals surface area contributed by atoms with Crippen molar-refractivity contribution in [1.29, 1.82) is 0 Å². The van der Waals surface area contributed by atoms with Gasteiger partial charge in [0.05, 0.1) is 5.92 Å². The van der Waals surface area contributed by atoms with Crippen LogP contribution in [0.25, 0.3) is 0 Å². The second-order valence-electron chi connectivity index (χ2n) is 3.32. The average molecular weight is 267 g/mol. The zero-order valence-electron chi connectivity index (χ0n) is 6.03. The molecule has 0 aromatic rings. The summed E-state index contributed by atoms with van der Waals surface area (Å²) in [7, 11) is 0. The fraction of sp³-hybridized carbons (Fsp3) is 0.857. The molecule has 0 amide bonds. The number of carboxylic acid groups (broad SMARTS) is 1. The molecule has 11 heavy (non-hydrogen) atoms. The van der Waals surface area contributed by atoms with E-state index in [2.05, 4.69) is 26.0 Å². The van der Waals surface area contributed by atoms with E-state index in [1.165, 1.54) is 6.42 Å². The van der Waals surface area contributed by atoms with E-state index in [4.69, 9.17) is 5.11 Å². The third-order valence-electron chi connectivity index (χ3n) is 2.77.